The van der Waals surface area contributed by atoms with Crippen LogP contribution in [0, 0.1) is 0 Å². The topological polar surface area (TPSA) is 95.1 Å². The van der Waals surface area contributed by atoms with Crippen LogP contribution in [0.15, 0.2) is 36.8 Å². The van der Waals surface area contributed by atoms with Crippen molar-refractivity contribution in [3.63, 3.8) is 0 Å². The molecule has 0 unspecified atom stereocenters. The fraction of sp³-hybridized carbons (Fsp3) is 0.357. The number of pyridine rings is 1. The van der Waals surface area contributed by atoms with Crippen LogP contribution in [0.5, 0.6) is 0 Å². The first-order valence-electron chi connectivity index (χ1n) is 6.89. The van der Waals surface area contributed by atoms with Crippen molar-refractivity contribution in [1.82, 2.24) is 14.8 Å². The number of hydrogen-bond acceptors (Lipinski definition) is 5. The van der Waals surface area contributed by atoms with Crippen molar-refractivity contribution >= 4 is 11.7 Å². The monoisotopic (exact) mass is 287 g/mol. The van der Waals surface area contributed by atoms with Crippen LogP contribution >= 0.6 is 0 Å². The fourth-order valence-corrected chi connectivity index (χ4v) is 2.31. The first kappa shape index (κ1) is 13.7. The highest BCUT2D eigenvalue weighted by molar-refractivity contribution is 5.93. The van der Waals surface area contributed by atoms with Gasteiger partial charge in [0.2, 0.25) is 0 Å². The van der Waals surface area contributed by atoms with E-state index in [1.165, 1.54) is 0 Å². The molecular weight excluding hydrogens is 270 g/mol. The summed E-state index contributed by atoms with van der Waals surface area (Å²) in [6.07, 6.45) is 6.21. The lowest BCUT2D eigenvalue weighted by molar-refractivity contribution is -0.126. The highest BCUT2D eigenvalue weighted by Crippen LogP contribution is 2.20. The van der Waals surface area contributed by atoms with Crippen molar-refractivity contribution in [2.45, 2.75) is 25.0 Å². The van der Waals surface area contributed by atoms with Gasteiger partial charge in [0.25, 0.3) is 5.91 Å². The summed E-state index contributed by atoms with van der Waals surface area (Å²) < 4.78 is 7.23. The molecule has 2 atom stereocenters. The Labute approximate surface area is 122 Å². The van der Waals surface area contributed by atoms with Gasteiger partial charge in [-0.2, -0.15) is 5.10 Å². The van der Waals surface area contributed by atoms with Crippen molar-refractivity contribution < 1.29 is 9.53 Å². The second kappa shape index (κ2) is 6.02. The van der Waals surface area contributed by atoms with Crippen molar-refractivity contribution in [3.05, 3.63) is 36.8 Å². The minimum atomic E-state index is -0.440. The van der Waals surface area contributed by atoms with Gasteiger partial charge in [-0.3, -0.25) is 9.78 Å². The Balaban J connectivity index is 1.64. The van der Waals surface area contributed by atoms with Gasteiger partial charge in [-0.15, -0.1) is 0 Å². The molecule has 1 aliphatic rings. The Morgan fingerprint density at radius 1 is 1.38 bits per heavy atom. The van der Waals surface area contributed by atoms with E-state index in [2.05, 4.69) is 15.4 Å². The van der Waals surface area contributed by atoms with Gasteiger partial charge in [-0.1, -0.05) is 0 Å². The van der Waals surface area contributed by atoms with Crippen LogP contribution in [-0.2, 0) is 9.53 Å². The number of nitrogens with zero attached hydrogens (tertiary/aromatic N) is 3. The van der Waals surface area contributed by atoms with Crippen LogP contribution in [0.1, 0.15) is 12.8 Å². The van der Waals surface area contributed by atoms with Crippen molar-refractivity contribution in [3.8, 4) is 5.69 Å². The SMILES string of the molecule is NC[C@H]1CC[C@@H](C(=O)Nc2ccn(-c3ccncc3)n2)O1. The molecule has 0 aromatic carbocycles. The summed E-state index contributed by atoms with van der Waals surface area (Å²) >= 11 is 0. The molecule has 1 amide bonds. The quantitative estimate of drug-likeness (QED) is 0.863. The van der Waals surface area contributed by atoms with Gasteiger partial charge in [0.05, 0.1) is 11.8 Å². The van der Waals surface area contributed by atoms with Crippen molar-refractivity contribution in [2.75, 3.05) is 11.9 Å². The number of amides is 1. The fourth-order valence-electron chi connectivity index (χ4n) is 2.31. The normalized spacial score (nSPS) is 21.4. The maximum atomic E-state index is 12.1. The van der Waals surface area contributed by atoms with E-state index in [0.717, 1.165) is 12.1 Å². The summed E-state index contributed by atoms with van der Waals surface area (Å²) in [5.41, 5.74) is 6.42. The van der Waals surface area contributed by atoms with Gasteiger partial charge in [0, 0.05) is 31.2 Å². The number of aromatic nitrogens is 3. The number of hydrogen-bond donors (Lipinski definition) is 2. The maximum Gasteiger partial charge on any atom is 0.254 e. The first-order valence-corrected chi connectivity index (χ1v) is 6.89. The van der Waals surface area contributed by atoms with Gasteiger partial charge in [-0.25, -0.2) is 4.68 Å². The summed E-state index contributed by atoms with van der Waals surface area (Å²) in [5.74, 6) is 0.322. The molecule has 3 heterocycles. The zero-order valence-electron chi connectivity index (χ0n) is 11.5. The standard InChI is InChI=1S/C14H17N5O2/c15-9-11-1-2-12(21-11)14(20)17-13-5-8-19(18-13)10-3-6-16-7-4-10/h3-8,11-12H,1-2,9,15H2,(H,17,18,20)/t11-,12+/m1/s1. The van der Waals surface area contributed by atoms with Gasteiger partial charge >= 0.3 is 0 Å². The van der Waals surface area contributed by atoms with Gasteiger partial charge in [-0.05, 0) is 25.0 Å². The van der Waals surface area contributed by atoms with Crippen LogP contribution in [0.2, 0.25) is 0 Å². The Kier molecular flexibility index (Phi) is 3.94. The molecule has 0 radical (unpaired) electrons. The van der Waals surface area contributed by atoms with Crippen molar-refractivity contribution in [1.29, 1.82) is 0 Å². The molecule has 0 aliphatic carbocycles. The number of nitrogens with one attached hydrogen (secondary N) is 1. The summed E-state index contributed by atoms with van der Waals surface area (Å²) in [5, 5.41) is 7.07. The zero-order valence-corrected chi connectivity index (χ0v) is 11.5. The lowest BCUT2D eigenvalue weighted by Gasteiger charge is -2.11. The molecule has 0 saturated carbocycles. The van der Waals surface area contributed by atoms with E-state index in [9.17, 15) is 4.79 Å². The molecule has 2 aromatic rings. The number of nitrogens with two attached hydrogens (primary N) is 1. The highest BCUT2D eigenvalue weighted by Gasteiger charge is 2.30. The predicted molar refractivity (Wildman–Crippen MR) is 76.9 cm³/mol. The Morgan fingerprint density at radius 2 is 2.19 bits per heavy atom. The molecule has 7 nitrogen and oxygen atoms in total. The molecule has 110 valence electrons. The molecule has 1 aliphatic heterocycles. The lowest BCUT2D eigenvalue weighted by atomic mass is 10.2. The third-order valence-corrected chi connectivity index (χ3v) is 3.43. The van der Waals surface area contributed by atoms with E-state index in [1.54, 1.807) is 29.3 Å². The second-order valence-corrected chi connectivity index (χ2v) is 4.90. The summed E-state index contributed by atoms with van der Waals surface area (Å²) in [7, 11) is 0. The molecular formula is C14H17N5O2. The molecule has 1 saturated heterocycles. The summed E-state index contributed by atoms with van der Waals surface area (Å²) in [4.78, 5) is 16.0. The zero-order chi connectivity index (χ0) is 14.7. The Hall–Kier alpha value is -2.25. The average Bonchev–Trinajstić information content (AvgIpc) is 3.17. The van der Waals surface area contributed by atoms with Crippen LogP contribution in [0.3, 0.4) is 0 Å². The minimum Gasteiger partial charge on any atom is -0.364 e. The third-order valence-electron chi connectivity index (χ3n) is 3.43. The molecule has 1 fully saturated rings. The molecule has 2 aromatic heterocycles. The van der Waals surface area contributed by atoms with Crippen LogP contribution in [0.25, 0.3) is 5.69 Å². The second-order valence-electron chi connectivity index (χ2n) is 4.90. The Bertz CT molecular complexity index is 613. The van der Waals surface area contributed by atoms with Crippen LogP contribution < -0.4 is 11.1 Å². The summed E-state index contributed by atoms with van der Waals surface area (Å²) in [6.45, 7) is 0.445. The van der Waals surface area contributed by atoms with Crippen LogP contribution in [-0.4, -0.2) is 39.4 Å². The Morgan fingerprint density at radius 3 is 2.90 bits per heavy atom. The number of rotatable bonds is 4. The average molecular weight is 287 g/mol. The minimum absolute atomic E-state index is 0.0184. The highest BCUT2D eigenvalue weighted by atomic mass is 16.5. The van der Waals surface area contributed by atoms with E-state index in [4.69, 9.17) is 10.5 Å². The summed E-state index contributed by atoms with van der Waals surface area (Å²) in [6, 6.07) is 5.42. The third kappa shape index (κ3) is 3.09. The van der Waals surface area contributed by atoms with Gasteiger partial charge in [0.1, 0.15) is 6.10 Å². The predicted octanol–water partition coefficient (Wildman–Crippen LogP) is 0.712. The maximum absolute atomic E-state index is 12.1. The first-order chi connectivity index (χ1) is 10.3. The van der Waals surface area contributed by atoms with Gasteiger partial charge in [0.15, 0.2) is 5.82 Å². The number of ether oxygens (including phenoxy) is 1. The number of anilines is 1. The molecule has 0 bridgehead atoms. The molecule has 3 rings (SSSR count). The van der Waals surface area contributed by atoms with E-state index >= 15 is 0 Å². The van der Waals surface area contributed by atoms with Crippen molar-refractivity contribution in [2.24, 2.45) is 5.73 Å². The van der Waals surface area contributed by atoms with E-state index in [0.29, 0.717) is 18.8 Å². The van der Waals surface area contributed by atoms with E-state index in [1.807, 2.05) is 12.1 Å². The molecule has 21 heavy (non-hydrogen) atoms. The number of carbonyl (C=O) groups is 1. The van der Waals surface area contributed by atoms with Gasteiger partial charge < -0.3 is 15.8 Å². The molecule has 3 N–H and O–H groups in total. The lowest BCUT2D eigenvalue weighted by Crippen LogP contribution is -2.30. The van der Waals surface area contributed by atoms with Crippen LogP contribution in [0.4, 0.5) is 5.82 Å². The van der Waals surface area contributed by atoms with E-state index < -0.39 is 6.10 Å². The number of carbonyl (C=O) groups excluding carboxylic acids is 1. The van der Waals surface area contributed by atoms with E-state index in [-0.39, 0.29) is 12.0 Å². The largest absolute Gasteiger partial charge is 0.364 e. The molecule has 0 spiro atoms. The molecule has 7 heteroatoms. The smallest absolute Gasteiger partial charge is 0.254 e.